The average Bonchev–Trinajstić information content (AvgIpc) is 3.15. The molecule has 0 radical (unpaired) electrons. The fourth-order valence-corrected chi connectivity index (χ4v) is 3.81. The van der Waals surface area contributed by atoms with Gasteiger partial charge in [0.2, 0.25) is 11.8 Å². The van der Waals surface area contributed by atoms with Gasteiger partial charge in [0.05, 0.1) is 0 Å². The van der Waals surface area contributed by atoms with E-state index in [2.05, 4.69) is 23.5 Å². The van der Waals surface area contributed by atoms with Crippen LogP contribution in [0.3, 0.4) is 0 Å². The van der Waals surface area contributed by atoms with Crippen LogP contribution in [0.4, 0.5) is 5.69 Å². The van der Waals surface area contributed by atoms with E-state index in [0.717, 1.165) is 23.2 Å². The van der Waals surface area contributed by atoms with Crippen molar-refractivity contribution < 1.29 is 9.59 Å². The van der Waals surface area contributed by atoms with Gasteiger partial charge < -0.3 is 10.2 Å². The van der Waals surface area contributed by atoms with Crippen molar-refractivity contribution in [2.24, 2.45) is 5.92 Å². The zero-order valence-corrected chi connectivity index (χ0v) is 16.3. The Labute approximate surface area is 171 Å². The maximum Gasteiger partial charge on any atom is 0.239 e. The maximum absolute atomic E-state index is 13.0. The summed E-state index contributed by atoms with van der Waals surface area (Å²) in [5, 5.41) is 2.91. The van der Waals surface area contributed by atoms with Crippen LogP contribution in [-0.4, -0.2) is 18.4 Å². The van der Waals surface area contributed by atoms with Gasteiger partial charge in [0.25, 0.3) is 0 Å². The Morgan fingerprint density at radius 3 is 2.21 bits per heavy atom. The molecule has 3 aromatic carbocycles. The average molecular weight is 384 g/mol. The Kier molecular flexibility index (Phi) is 5.71. The van der Waals surface area contributed by atoms with E-state index in [9.17, 15) is 9.59 Å². The molecule has 29 heavy (non-hydrogen) atoms. The van der Waals surface area contributed by atoms with Crippen LogP contribution in [0.5, 0.6) is 0 Å². The molecule has 0 aromatic heterocycles. The molecular formula is C25H24N2O2. The van der Waals surface area contributed by atoms with E-state index in [1.165, 1.54) is 5.56 Å². The molecule has 1 aliphatic rings. The minimum Gasteiger partial charge on any atom is -0.351 e. The number of para-hydroxylation sites is 1. The zero-order valence-electron chi connectivity index (χ0n) is 16.3. The summed E-state index contributed by atoms with van der Waals surface area (Å²) >= 11 is 0. The second-order valence-corrected chi connectivity index (χ2v) is 7.33. The Bertz CT molecular complexity index is 986. The lowest BCUT2D eigenvalue weighted by Gasteiger charge is -2.20. The number of hydrogen-bond donors (Lipinski definition) is 1. The van der Waals surface area contributed by atoms with Crippen molar-refractivity contribution in [2.45, 2.75) is 19.4 Å². The van der Waals surface area contributed by atoms with Gasteiger partial charge in [-0.15, -0.1) is 0 Å². The van der Waals surface area contributed by atoms with Gasteiger partial charge in [0.1, 0.15) is 5.92 Å². The number of nitrogens with zero attached hydrogens (tertiary/aromatic N) is 1. The SMILES string of the molecule is O=C(NCc1ccccc1)[C@H]1CCN(c2ccccc2Cc2ccccc2)C1=O. The second-order valence-electron chi connectivity index (χ2n) is 7.33. The lowest BCUT2D eigenvalue weighted by atomic mass is 10.0. The summed E-state index contributed by atoms with van der Waals surface area (Å²) in [6, 6.07) is 27.9. The molecule has 1 saturated heterocycles. The molecule has 4 rings (SSSR count). The summed E-state index contributed by atoms with van der Waals surface area (Å²) in [6.45, 7) is 1.00. The van der Waals surface area contributed by atoms with E-state index < -0.39 is 5.92 Å². The van der Waals surface area contributed by atoms with E-state index >= 15 is 0 Å². The molecule has 0 aliphatic carbocycles. The van der Waals surface area contributed by atoms with Gasteiger partial charge in [-0.2, -0.15) is 0 Å². The molecule has 1 N–H and O–H groups in total. The monoisotopic (exact) mass is 384 g/mol. The minimum absolute atomic E-state index is 0.115. The summed E-state index contributed by atoms with van der Waals surface area (Å²) in [5.41, 5.74) is 4.22. The Hall–Kier alpha value is -3.40. The van der Waals surface area contributed by atoms with E-state index in [0.29, 0.717) is 19.5 Å². The first kappa shape index (κ1) is 18.9. The van der Waals surface area contributed by atoms with E-state index in [1.807, 2.05) is 66.7 Å². The van der Waals surface area contributed by atoms with Crippen LogP contribution in [0.2, 0.25) is 0 Å². The summed E-state index contributed by atoms with van der Waals surface area (Å²) in [6.07, 6.45) is 1.30. The predicted molar refractivity (Wildman–Crippen MR) is 114 cm³/mol. The van der Waals surface area contributed by atoms with Gasteiger partial charge in [-0.3, -0.25) is 9.59 Å². The van der Waals surface area contributed by atoms with Gasteiger partial charge in [-0.05, 0) is 35.6 Å². The Morgan fingerprint density at radius 1 is 0.862 bits per heavy atom. The number of carbonyl (C=O) groups is 2. The third-order valence-electron chi connectivity index (χ3n) is 5.35. The molecule has 0 spiro atoms. The standard InChI is InChI=1S/C25H24N2O2/c28-24(26-18-20-11-5-2-6-12-20)22-15-16-27(25(22)29)23-14-8-7-13-21(23)17-19-9-3-1-4-10-19/h1-14,22H,15-18H2,(H,26,28)/t22-/m1/s1. The first-order valence-corrected chi connectivity index (χ1v) is 9.97. The first-order valence-electron chi connectivity index (χ1n) is 9.97. The van der Waals surface area contributed by atoms with E-state index in [-0.39, 0.29) is 11.8 Å². The topological polar surface area (TPSA) is 49.4 Å². The fraction of sp³-hybridized carbons (Fsp3) is 0.200. The van der Waals surface area contributed by atoms with Crippen molar-refractivity contribution in [3.63, 3.8) is 0 Å². The highest BCUT2D eigenvalue weighted by atomic mass is 16.2. The fourth-order valence-electron chi connectivity index (χ4n) is 3.81. The number of nitrogens with one attached hydrogen (secondary N) is 1. The molecule has 2 amide bonds. The van der Waals surface area contributed by atoms with Crippen LogP contribution in [0, 0.1) is 5.92 Å². The summed E-state index contributed by atoms with van der Waals surface area (Å²) in [7, 11) is 0. The number of hydrogen-bond acceptors (Lipinski definition) is 2. The summed E-state index contributed by atoms with van der Waals surface area (Å²) < 4.78 is 0. The smallest absolute Gasteiger partial charge is 0.239 e. The summed E-state index contributed by atoms with van der Waals surface area (Å²) in [5.74, 6) is -0.929. The molecule has 4 nitrogen and oxygen atoms in total. The quantitative estimate of drug-likeness (QED) is 0.655. The number of benzene rings is 3. The zero-order chi connectivity index (χ0) is 20.1. The Morgan fingerprint density at radius 2 is 1.48 bits per heavy atom. The van der Waals surface area contributed by atoms with Crippen LogP contribution in [0.15, 0.2) is 84.9 Å². The van der Waals surface area contributed by atoms with Gasteiger partial charge in [0.15, 0.2) is 0 Å². The highest BCUT2D eigenvalue weighted by Gasteiger charge is 2.38. The predicted octanol–water partition coefficient (Wildman–Crippen LogP) is 3.95. The van der Waals surface area contributed by atoms with Crippen LogP contribution in [-0.2, 0) is 22.6 Å². The van der Waals surface area contributed by atoms with Gasteiger partial charge in [-0.1, -0.05) is 78.9 Å². The van der Waals surface area contributed by atoms with E-state index in [1.54, 1.807) is 4.90 Å². The third-order valence-corrected chi connectivity index (χ3v) is 5.35. The van der Waals surface area contributed by atoms with Crippen molar-refractivity contribution in [2.75, 3.05) is 11.4 Å². The van der Waals surface area contributed by atoms with Crippen molar-refractivity contribution >= 4 is 17.5 Å². The molecule has 1 aliphatic heterocycles. The number of anilines is 1. The molecule has 0 unspecified atom stereocenters. The van der Waals surface area contributed by atoms with Crippen LogP contribution in [0.1, 0.15) is 23.1 Å². The lowest BCUT2D eigenvalue weighted by molar-refractivity contribution is -0.132. The molecule has 0 bridgehead atoms. The third kappa shape index (κ3) is 4.37. The van der Waals surface area contributed by atoms with Crippen molar-refractivity contribution in [1.82, 2.24) is 5.32 Å². The molecule has 4 heteroatoms. The summed E-state index contributed by atoms with van der Waals surface area (Å²) in [4.78, 5) is 27.4. The van der Waals surface area contributed by atoms with Crippen LogP contribution in [0.25, 0.3) is 0 Å². The van der Waals surface area contributed by atoms with Gasteiger partial charge in [0, 0.05) is 18.8 Å². The highest BCUT2D eigenvalue weighted by Crippen LogP contribution is 2.29. The number of carbonyl (C=O) groups excluding carboxylic acids is 2. The van der Waals surface area contributed by atoms with Crippen molar-refractivity contribution in [3.8, 4) is 0 Å². The largest absolute Gasteiger partial charge is 0.351 e. The molecule has 0 saturated carbocycles. The van der Waals surface area contributed by atoms with Crippen LogP contribution < -0.4 is 10.2 Å². The minimum atomic E-state index is -0.622. The first-order chi connectivity index (χ1) is 14.2. The van der Waals surface area contributed by atoms with Crippen molar-refractivity contribution in [1.29, 1.82) is 0 Å². The second kappa shape index (κ2) is 8.74. The Balaban J connectivity index is 1.46. The number of amides is 2. The van der Waals surface area contributed by atoms with Crippen molar-refractivity contribution in [3.05, 3.63) is 102 Å². The molecule has 1 heterocycles. The molecule has 1 atom stereocenters. The normalized spacial score (nSPS) is 16.1. The molecular weight excluding hydrogens is 360 g/mol. The van der Waals surface area contributed by atoms with E-state index in [4.69, 9.17) is 0 Å². The molecule has 146 valence electrons. The number of rotatable bonds is 6. The van der Waals surface area contributed by atoms with Crippen LogP contribution >= 0.6 is 0 Å². The van der Waals surface area contributed by atoms with Gasteiger partial charge >= 0.3 is 0 Å². The lowest BCUT2D eigenvalue weighted by Crippen LogP contribution is -2.36. The maximum atomic E-state index is 13.0. The molecule has 1 fully saturated rings. The highest BCUT2D eigenvalue weighted by molar-refractivity contribution is 6.09. The van der Waals surface area contributed by atoms with Gasteiger partial charge in [-0.25, -0.2) is 0 Å². The molecule has 3 aromatic rings.